The molecule has 0 radical (unpaired) electrons. The molecule has 0 bridgehead atoms. The molecule has 1 unspecified atom stereocenters. The van der Waals surface area contributed by atoms with Gasteiger partial charge in [-0.3, -0.25) is 0 Å². The van der Waals surface area contributed by atoms with E-state index in [1.54, 1.807) is 12.1 Å². The summed E-state index contributed by atoms with van der Waals surface area (Å²) in [6.45, 7) is 1.84. The van der Waals surface area contributed by atoms with Gasteiger partial charge in [0.25, 0.3) is 0 Å². The summed E-state index contributed by atoms with van der Waals surface area (Å²) in [4.78, 5) is -0.0452. The Kier molecular flexibility index (Phi) is 2.90. The van der Waals surface area contributed by atoms with Crippen LogP contribution in [-0.2, 0) is 0 Å². The van der Waals surface area contributed by atoms with Gasteiger partial charge in [-0.25, -0.2) is 4.39 Å². The van der Waals surface area contributed by atoms with Crippen molar-refractivity contribution in [2.45, 2.75) is 11.8 Å². The van der Waals surface area contributed by atoms with Gasteiger partial charge in [-0.2, -0.15) is 0 Å². The predicted molar refractivity (Wildman–Crippen MR) is 48.8 cm³/mol. The zero-order valence-corrected chi connectivity index (χ0v) is 8.29. The van der Waals surface area contributed by atoms with Crippen molar-refractivity contribution in [1.29, 1.82) is 0 Å². The lowest BCUT2D eigenvalue weighted by Crippen LogP contribution is -1.90. The minimum absolute atomic E-state index is 0.0452. The summed E-state index contributed by atoms with van der Waals surface area (Å²) in [7, 11) is 0. The van der Waals surface area contributed by atoms with E-state index in [2.05, 4.69) is 15.9 Å². The number of hydrogen-bond donors (Lipinski definition) is 0. The highest BCUT2D eigenvalue weighted by molar-refractivity contribution is 9.09. The Morgan fingerprint density at radius 1 is 1.55 bits per heavy atom. The molecule has 1 atom stereocenters. The quantitative estimate of drug-likeness (QED) is 0.649. The monoisotopic (exact) mass is 236 g/mol. The molecule has 0 nitrogen and oxygen atoms in total. The first-order valence-electron chi connectivity index (χ1n) is 3.21. The Hall–Kier alpha value is -0.0800. The van der Waals surface area contributed by atoms with Crippen LogP contribution in [0.3, 0.4) is 0 Å². The molecule has 0 fully saturated rings. The summed E-state index contributed by atoms with van der Waals surface area (Å²) in [6.07, 6.45) is 0. The molecule has 0 aliphatic carbocycles. The van der Waals surface area contributed by atoms with E-state index in [0.717, 1.165) is 0 Å². The molecule has 0 spiro atoms. The van der Waals surface area contributed by atoms with Gasteiger partial charge in [0.05, 0.1) is 0 Å². The van der Waals surface area contributed by atoms with Crippen molar-refractivity contribution in [3.8, 4) is 0 Å². The minimum Gasteiger partial charge on any atom is -0.207 e. The van der Waals surface area contributed by atoms with Crippen molar-refractivity contribution in [3.05, 3.63) is 34.6 Å². The second-order valence-corrected chi connectivity index (χ2v) is 4.03. The summed E-state index contributed by atoms with van der Waals surface area (Å²) < 4.78 is 13.0. The van der Waals surface area contributed by atoms with Gasteiger partial charge in [0.15, 0.2) is 0 Å². The van der Waals surface area contributed by atoms with Crippen molar-refractivity contribution in [1.82, 2.24) is 0 Å². The third-order valence-corrected chi connectivity index (χ3v) is 2.18. The largest absolute Gasteiger partial charge is 0.207 e. The summed E-state index contributed by atoms with van der Waals surface area (Å²) >= 11 is 9.01. The molecule has 0 heterocycles. The average Bonchev–Trinajstić information content (AvgIpc) is 1.85. The lowest BCUT2D eigenvalue weighted by atomic mass is 10.1. The van der Waals surface area contributed by atoms with Crippen molar-refractivity contribution in [2.24, 2.45) is 0 Å². The Labute approximate surface area is 78.5 Å². The maximum Gasteiger partial charge on any atom is 0.129 e. The molecule has 0 saturated carbocycles. The highest BCUT2D eigenvalue weighted by atomic mass is 79.9. The Bertz CT molecular complexity index is 240. The number of alkyl halides is 1. The van der Waals surface area contributed by atoms with Gasteiger partial charge in [0.1, 0.15) is 5.82 Å². The van der Waals surface area contributed by atoms with Gasteiger partial charge < -0.3 is 0 Å². The molecular weight excluding hydrogens is 230 g/mol. The Balaban J connectivity index is 3.21. The first-order chi connectivity index (χ1) is 5.13. The van der Waals surface area contributed by atoms with Crippen LogP contribution in [-0.4, -0.2) is 0 Å². The van der Waals surface area contributed by atoms with Crippen LogP contribution in [0.4, 0.5) is 4.39 Å². The Morgan fingerprint density at radius 3 is 2.55 bits per heavy atom. The molecule has 0 saturated heterocycles. The molecule has 60 valence electrons. The lowest BCUT2D eigenvalue weighted by Gasteiger charge is -2.06. The third-order valence-electron chi connectivity index (χ3n) is 1.40. The minimum atomic E-state index is -0.262. The van der Waals surface area contributed by atoms with E-state index in [0.29, 0.717) is 10.6 Å². The highest BCUT2D eigenvalue weighted by Gasteiger charge is 2.10. The summed E-state index contributed by atoms with van der Waals surface area (Å²) in [5, 5.41) is 0.467. The van der Waals surface area contributed by atoms with Crippen molar-refractivity contribution >= 4 is 27.5 Å². The molecule has 0 amide bonds. The van der Waals surface area contributed by atoms with Crippen LogP contribution in [0.25, 0.3) is 0 Å². The maximum absolute atomic E-state index is 13.0. The topological polar surface area (TPSA) is 0 Å². The normalized spacial score (nSPS) is 13.1. The molecule has 3 heteroatoms. The molecule has 0 aliphatic heterocycles. The van der Waals surface area contributed by atoms with E-state index in [9.17, 15) is 4.39 Å². The molecule has 0 aliphatic rings. The predicted octanol–water partition coefficient (Wildman–Crippen LogP) is 3.94. The second-order valence-electron chi connectivity index (χ2n) is 2.25. The fraction of sp³-hybridized carbons (Fsp3) is 0.250. The Morgan fingerprint density at radius 2 is 2.18 bits per heavy atom. The maximum atomic E-state index is 13.0. The smallest absolute Gasteiger partial charge is 0.129 e. The zero-order chi connectivity index (χ0) is 8.43. The fourth-order valence-corrected chi connectivity index (χ4v) is 1.81. The van der Waals surface area contributed by atoms with Crippen LogP contribution in [0, 0.1) is 5.82 Å². The van der Waals surface area contributed by atoms with Crippen LogP contribution in [0.5, 0.6) is 0 Å². The van der Waals surface area contributed by atoms with Gasteiger partial charge in [-0.1, -0.05) is 33.6 Å². The van der Waals surface area contributed by atoms with E-state index in [4.69, 9.17) is 11.6 Å². The van der Waals surface area contributed by atoms with Crippen LogP contribution in [0.1, 0.15) is 17.3 Å². The number of benzene rings is 1. The number of rotatable bonds is 1. The second kappa shape index (κ2) is 3.55. The van der Waals surface area contributed by atoms with Crippen molar-refractivity contribution in [2.75, 3.05) is 0 Å². The van der Waals surface area contributed by atoms with E-state index in [1.807, 2.05) is 6.92 Å². The molecule has 1 rings (SSSR count). The number of halogens is 3. The molecule has 0 aromatic heterocycles. The standard InChI is InChI=1S/C8H7BrClF/c1-5(9)8-6(10)3-2-4-7(8)11/h2-5H,1H3. The van der Waals surface area contributed by atoms with Crippen LogP contribution in [0.2, 0.25) is 5.02 Å². The molecule has 1 aromatic carbocycles. The number of hydrogen-bond acceptors (Lipinski definition) is 0. The summed E-state index contributed by atoms with van der Waals surface area (Å²) in [5.74, 6) is -0.262. The van der Waals surface area contributed by atoms with Gasteiger partial charge in [0.2, 0.25) is 0 Å². The van der Waals surface area contributed by atoms with E-state index < -0.39 is 0 Å². The SMILES string of the molecule is CC(Br)c1c(F)cccc1Cl. The van der Waals surface area contributed by atoms with E-state index in [-0.39, 0.29) is 10.6 Å². The zero-order valence-electron chi connectivity index (χ0n) is 5.94. The lowest BCUT2D eigenvalue weighted by molar-refractivity contribution is 0.612. The van der Waals surface area contributed by atoms with Gasteiger partial charge in [-0.15, -0.1) is 0 Å². The first-order valence-corrected chi connectivity index (χ1v) is 4.50. The van der Waals surface area contributed by atoms with Gasteiger partial charge >= 0.3 is 0 Å². The molecule has 1 aromatic rings. The van der Waals surface area contributed by atoms with E-state index in [1.165, 1.54) is 6.07 Å². The van der Waals surface area contributed by atoms with Crippen molar-refractivity contribution in [3.63, 3.8) is 0 Å². The van der Waals surface area contributed by atoms with Crippen LogP contribution in [0.15, 0.2) is 18.2 Å². The summed E-state index contributed by atoms with van der Waals surface area (Å²) in [5.41, 5.74) is 0.522. The molecule has 11 heavy (non-hydrogen) atoms. The van der Waals surface area contributed by atoms with Crippen LogP contribution >= 0.6 is 27.5 Å². The van der Waals surface area contributed by atoms with Crippen LogP contribution < -0.4 is 0 Å². The van der Waals surface area contributed by atoms with Gasteiger partial charge in [0, 0.05) is 15.4 Å². The van der Waals surface area contributed by atoms with E-state index >= 15 is 0 Å². The fourth-order valence-electron chi connectivity index (χ4n) is 0.891. The third kappa shape index (κ3) is 1.94. The molecule has 0 N–H and O–H groups in total. The first kappa shape index (κ1) is 9.01. The van der Waals surface area contributed by atoms with Gasteiger partial charge in [-0.05, 0) is 19.1 Å². The highest BCUT2D eigenvalue weighted by Crippen LogP contribution is 2.30. The molecular formula is C8H7BrClF. The van der Waals surface area contributed by atoms with Crippen molar-refractivity contribution < 1.29 is 4.39 Å². The average molecular weight is 237 g/mol. The summed E-state index contributed by atoms with van der Waals surface area (Å²) in [6, 6.07) is 4.67.